The average Bonchev–Trinajstić information content (AvgIpc) is 3.56. The van der Waals surface area contributed by atoms with Crippen LogP contribution in [0.5, 0.6) is 11.5 Å². The van der Waals surface area contributed by atoms with E-state index < -0.39 is 52.7 Å². The van der Waals surface area contributed by atoms with Crippen LogP contribution >= 0.6 is 6.72 Å². The molecule has 1 amide bonds. The third-order valence-corrected chi connectivity index (χ3v) is 12.5. The van der Waals surface area contributed by atoms with Gasteiger partial charge in [0.05, 0.1) is 59.9 Å². The summed E-state index contributed by atoms with van der Waals surface area (Å²) in [6.07, 6.45) is -1.93. The molecular weight excluding hydrogens is 772 g/mol. The van der Waals surface area contributed by atoms with Crippen LogP contribution in [0.2, 0.25) is 0 Å². The number of ether oxygens (including phenoxy) is 5. The lowest BCUT2D eigenvalue weighted by atomic mass is 9.80. The zero-order chi connectivity index (χ0) is 40.6. The third-order valence-electron chi connectivity index (χ3n) is 8.51. The number of amides is 1. The highest BCUT2D eigenvalue weighted by molar-refractivity contribution is 8.07. The fraction of sp³-hybridized carbons (Fsp3) is 0.447. The van der Waals surface area contributed by atoms with E-state index in [1.807, 2.05) is 78.9 Å². The van der Waals surface area contributed by atoms with Gasteiger partial charge in [-0.25, -0.2) is 15.0 Å². The summed E-state index contributed by atoms with van der Waals surface area (Å²) >= 11 is 5.56. The Morgan fingerprint density at radius 3 is 2.07 bits per heavy atom. The van der Waals surface area contributed by atoms with E-state index in [4.69, 9.17) is 57.0 Å². The first-order valence-corrected chi connectivity index (χ1v) is 21.8. The van der Waals surface area contributed by atoms with Gasteiger partial charge in [-0.3, -0.25) is 9.59 Å². The summed E-state index contributed by atoms with van der Waals surface area (Å²) in [6, 6.07) is 24.2. The van der Waals surface area contributed by atoms with E-state index in [0.29, 0.717) is 11.5 Å². The van der Waals surface area contributed by atoms with Crippen molar-refractivity contribution in [3.05, 3.63) is 107 Å². The zero-order valence-electron chi connectivity index (χ0n) is 31.9. The molecule has 1 N–H and O–H groups in total. The Hall–Kier alpha value is -3.91. The summed E-state index contributed by atoms with van der Waals surface area (Å²) in [6.45, 7) is 1.37. The monoisotopic (exact) mass is 820 g/mol. The van der Waals surface area contributed by atoms with Crippen LogP contribution in [-0.2, 0) is 64.6 Å². The molecule has 1 heterocycles. The number of methoxy groups -OCH3 is 2. The van der Waals surface area contributed by atoms with Crippen LogP contribution in [0.25, 0.3) is 4.85 Å². The Labute approximate surface area is 329 Å². The fourth-order valence-corrected chi connectivity index (χ4v) is 8.41. The number of rotatable bonds is 23. The summed E-state index contributed by atoms with van der Waals surface area (Å²) in [5.41, 5.74) is 1.05. The standard InChI is InChI=1S/C38H47N2O12PS2/c1-39-21-23-49-53(54,51-28-35-34(20-22-47-35)52-37(42)19-18-36(41)40-2)50-25-27-55(43,44)26-24-48-38(29-8-6-5-7-9-29,30-10-14-32(45-3)15-11-30)31-12-16-33(46-4)17-13-31/h5-17,34-35H,18-28H2,2-4H3,(H,40,41)/t34-,35+,53?/m0/s1/i22T/t22-,34-,35+,53?. The van der Waals surface area contributed by atoms with E-state index in [1.165, 1.54) is 7.05 Å². The minimum Gasteiger partial charge on any atom is -0.497 e. The Morgan fingerprint density at radius 2 is 1.49 bits per heavy atom. The minimum absolute atomic E-state index is 0.0490. The first kappa shape index (κ1) is 42.2. The van der Waals surface area contributed by atoms with E-state index >= 15 is 0 Å². The van der Waals surface area contributed by atoms with Gasteiger partial charge in [0.1, 0.15) is 35.9 Å². The van der Waals surface area contributed by atoms with Crippen molar-refractivity contribution in [3.63, 3.8) is 0 Å². The van der Waals surface area contributed by atoms with Gasteiger partial charge in [0.15, 0.2) is 9.84 Å². The van der Waals surface area contributed by atoms with Crippen LogP contribution < -0.4 is 14.8 Å². The second kappa shape index (κ2) is 21.4. The molecule has 1 saturated heterocycles. The Morgan fingerprint density at radius 1 is 0.909 bits per heavy atom. The lowest BCUT2D eigenvalue weighted by Crippen LogP contribution is -2.35. The lowest BCUT2D eigenvalue weighted by Gasteiger charge is -2.36. The van der Waals surface area contributed by atoms with Gasteiger partial charge in [0.2, 0.25) is 12.5 Å². The average molecular weight is 821 g/mol. The molecule has 55 heavy (non-hydrogen) atoms. The van der Waals surface area contributed by atoms with Crippen LogP contribution in [0.3, 0.4) is 0 Å². The highest BCUT2D eigenvalue weighted by Gasteiger charge is 2.39. The molecule has 14 nitrogen and oxygen atoms in total. The summed E-state index contributed by atoms with van der Waals surface area (Å²) < 4.78 is 80.7. The zero-order valence-corrected chi connectivity index (χ0v) is 33.4. The molecule has 1 aliphatic rings. The van der Waals surface area contributed by atoms with Crippen LogP contribution in [0.4, 0.5) is 0 Å². The van der Waals surface area contributed by atoms with E-state index in [9.17, 15) is 18.0 Å². The molecule has 0 aromatic heterocycles. The number of nitrogens with one attached hydrogen (secondary N) is 1. The maximum Gasteiger partial charge on any atom is 0.327 e. The number of sulfone groups is 1. The first-order valence-electron chi connectivity index (χ1n) is 18.0. The van der Waals surface area contributed by atoms with E-state index in [1.54, 1.807) is 14.2 Å². The molecular formula is C38H47N2O12PS2. The van der Waals surface area contributed by atoms with Gasteiger partial charge in [-0.1, -0.05) is 54.6 Å². The van der Waals surface area contributed by atoms with Crippen molar-refractivity contribution in [2.45, 2.75) is 37.1 Å². The molecule has 4 atom stereocenters. The van der Waals surface area contributed by atoms with Gasteiger partial charge in [0.25, 0.3) is 0 Å². The molecule has 0 bridgehead atoms. The number of nitrogens with zero attached hydrogens (tertiary/aromatic N) is 1. The van der Waals surface area contributed by atoms with Gasteiger partial charge in [-0.05, 0) is 52.8 Å². The Balaban J connectivity index is 1.44. The second-order valence-electron chi connectivity index (χ2n) is 12.1. The molecule has 3 aromatic rings. The van der Waals surface area contributed by atoms with Gasteiger partial charge in [0, 0.05) is 19.9 Å². The molecule has 17 heteroatoms. The maximum absolute atomic E-state index is 13.5. The molecule has 3 aromatic carbocycles. The van der Waals surface area contributed by atoms with Crippen LogP contribution in [0.1, 0.15) is 37.3 Å². The smallest absolute Gasteiger partial charge is 0.327 e. The van der Waals surface area contributed by atoms with Crippen molar-refractivity contribution in [1.29, 1.82) is 0 Å². The third kappa shape index (κ3) is 12.8. The van der Waals surface area contributed by atoms with Crippen LogP contribution in [0, 0.1) is 6.57 Å². The summed E-state index contributed by atoms with van der Waals surface area (Å²) in [4.78, 5) is 27.1. The lowest BCUT2D eigenvalue weighted by molar-refractivity contribution is -0.153. The van der Waals surface area contributed by atoms with Crippen molar-refractivity contribution < 1.29 is 56.6 Å². The quantitative estimate of drug-likeness (QED) is 0.0456. The number of hydrogen-bond donors (Lipinski definition) is 1. The summed E-state index contributed by atoms with van der Waals surface area (Å²) in [5, 5.41) is 2.43. The number of carbonyl (C=O) groups excluding carboxylic acids is 2. The van der Waals surface area contributed by atoms with Gasteiger partial charge >= 0.3 is 12.7 Å². The number of hydrogen-bond acceptors (Lipinski definition) is 13. The number of benzene rings is 3. The summed E-state index contributed by atoms with van der Waals surface area (Å²) in [7, 11) is 0.797. The molecule has 4 rings (SSSR count). The van der Waals surface area contributed by atoms with Gasteiger partial charge in [-0.2, -0.15) is 0 Å². The molecule has 1 aliphatic heterocycles. The predicted octanol–water partition coefficient (Wildman–Crippen LogP) is 4.85. The number of carbonyl (C=O) groups is 2. The van der Waals surface area contributed by atoms with Crippen molar-refractivity contribution >= 4 is 40.2 Å². The van der Waals surface area contributed by atoms with E-state index in [0.717, 1.165) is 16.7 Å². The Kier molecular flexibility index (Phi) is 16.4. The van der Waals surface area contributed by atoms with Gasteiger partial charge < -0.3 is 47.4 Å². The van der Waals surface area contributed by atoms with E-state index in [-0.39, 0.29) is 63.9 Å². The SMILES string of the molecule is [3H][C@H]1C[C@H](OC(=O)CCC(=O)NC)[C@@H](COP(=S)(OCC[N+]#[C-])OCCS(=O)(=O)CCOC(c2ccccc2)(c2ccc(OC)cc2)c2ccc(OC)cc2)O1. The fourth-order valence-electron chi connectivity index (χ4n) is 5.60. The van der Waals surface area contributed by atoms with Crippen molar-refractivity contribution in [2.24, 2.45) is 0 Å². The van der Waals surface area contributed by atoms with Gasteiger partial charge in [-0.15, -0.1) is 0 Å². The topological polar surface area (TPSA) is 159 Å². The highest BCUT2D eigenvalue weighted by atomic mass is 32.5. The largest absolute Gasteiger partial charge is 0.497 e. The molecule has 1 fully saturated rings. The Bertz CT molecular complexity index is 1870. The van der Waals surface area contributed by atoms with Crippen LogP contribution in [-0.4, -0.2) is 105 Å². The molecule has 0 aliphatic carbocycles. The van der Waals surface area contributed by atoms with E-state index in [2.05, 4.69) is 10.2 Å². The molecule has 0 saturated carbocycles. The van der Waals surface area contributed by atoms with Crippen molar-refractivity contribution in [3.8, 4) is 11.5 Å². The maximum atomic E-state index is 13.5. The highest BCUT2D eigenvalue weighted by Crippen LogP contribution is 2.50. The van der Waals surface area contributed by atoms with Crippen LogP contribution in [0.15, 0.2) is 78.9 Å². The normalized spacial score (nSPS) is 18.4. The molecule has 298 valence electrons. The molecule has 1 unspecified atom stereocenters. The summed E-state index contributed by atoms with van der Waals surface area (Å²) in [5.74, 6) is -0.501. The minimum atomic E-state index is -3.81. The first-order chi connectivity index (χ1) is 26.9. The van der Waals surface area contributed by atoms with Crippen molar-refractivity contribution in [2.75, 3.05) is 72.3 Å². The molecule has 0 radical (unpaired) electrons. The number of esters is 1. The van der Waals surface area contributed by atoms with Crippen molar-refractivity contribution in [1.82, 2.24) is 5.32 Å². The predicted molar refractivity (Wildman–Crippen MR) is 208 cm³/mol. The molecule has 0 spiro atoms. The second-order valence-corrected chi connectivity index (χ2v) is 17.4.